The maximum absolute atomic E-state index is 12.6. The molecule has 8 heteroatoms. The van der Waals surface area contributed by atoms with E-state index in [4.69, 9.17) is 4.74 Å². The van der Waals surface area contributed by atoms with E-state index in [0.717, 1.165) is 51.2 Å². The number of rotatable bonds is 7. The van der Waals surface area contributed by atoms with Gasteiger partial charge in [-0.1, -0.05) is 12.2 Å². The number of fused-ring (bicyclic) bond motifs is 5. The molecule has 2 aliphatic heterocycles. The largest absolute Gasteiger partial charge is 0.378 e. The van der Waals surface area contributed by atoms with Crippen molar-refractivity contribution in [3.8, 4) is 0 Å². The number of amides is 2. The lowest BCUT2D eigenvalue weighted by atomic mass is 9.85. The van der Waals surface area contributed by atoms with Crippen LogP contribution in [0.4, 0.5) is 0 Å². The number of ether oxygens (including phenoxy) is 1. The van der Waals surface area contributed by atoms with E-state index in [1.807, 2.05) is 0 Å². The number of imide groups is 1. The molecule has 0 aromatic heterocycles. The highest BCUT2D eigenvalue weighted by atomic mass is 127. The van der Waals surface area contributed by atoms with Gasteiger partial charge in [-0.2, -0.15) is 0 Å². The molecule has 5 atom stereocenters. The summed E-state index contributed by atoms with van der Waals surface area (Å²) in [6.07, 6.45) is 9.63. The van der Waals surface area contributed by atoms with Crippen molar-refractivity contribution < 1.29 is 14.3 Å². The molecular weight excluding hydrogens is 471 g/mol. The predicted octanol–water partition coefficient (Wildman–Crippen LogP) is 1.54. The number of aliphatic imine (C=N–C) groups is 1. The zero-order valence-electron chi connectivity index (χ0n) is 16.4. The first-order chi connectivity index (χ1) is 13.2. The van der Waals surface area contributed by atoms with E-state index >= 15 is 0 Å². The van der Waals surface area contributed by atoms with Crippen LogP contribution < -0.4 is 10.6 Å². The van der Waals surface area contributed by atoms with Crippen molar-refractivity contribution in [2.75, 3.05) is 33.3 Å². The number of hydrogen-bond donors (Lipinski definition) is 2. The van der Waals surface area contributed by atoms with E-state index in [1.165, 1.54) is 4.90 Å². The van der Waals surface area contributed by atoms with Crippen molar-refractivity contribution in [3.63, 3.8) is 0 Å². The molecule has 2 heterocycles. The van der Waals surface area contributed by atoms with Gasteiger partial charge in [0.05, 0.1) is 17.9 Å². The molecular formula is C20H31IN4O3. The Hall–Kier alpha value is -1.16. The molecule has 2 aliphatic carbocycles. The SMILES string of the molecule is CN=C(NCCCN1C(=O)C2C3C=CC(C3)C2C1=O)NCCC1CCCO1.I. The Kier molecular flexibility index (Phi) is 7.36. The fraction of sp³-hybridized carbons (Fsp3) is 0.750. The van der Waals surface area contributed by atoms with Crippen molar-refractivity contribution in [1.29, 1.82) is 0 Å². The van der Waals surface area contributed by atoms with Crippen molar-refractivity contribution in [1.82, 2.24) is 15.5 Å². The standard InChI is InChI=1S/C20H30N4O3.HI/c1-21-20(23-9-7-15-4-2-11-27-15)22-8-3-10-24-18(25)16-13-5-6-14(12-13)17(16)19(24)26;/h5-6,13-17H,2-4,7-12H2,1H3,(H2,21,22,23);1H. The van der Waals surface area contributed by atoms with Crippen LogP contribution in [0.2, 0.25) is 0 Å². The maximum atomic E-state index is 12.6. The lowest BCUT2D eigenvalue weighted by Crippen LogP contribution is -2.40. The first-order valence-corrected chi connectivity index (χ1v) is 10.3. The molecule has 0 aromatic rings. The second kappa shape index (κ2) is 9.56. The van der Waals surface area contributed by atoms with Gasteiger partial charge in [0, 0.05) is 33.3 Å². The van der Waals surface area contributed by atoms with Crippen LogP contribution in [-0.2, 0) is 14.3 Å². The average Bonchev–Trinajstić information content (AvgIpc) is 3.44. The summed E-state index contributed by atoms with van der Waals surface area (Å²) in [4.78, 5) is 31.0. The molecule has 0 radical (unpaired) electrons. The summed E-state index contributed by atoms with van der Waals surface area (Å²) in [6.45, 7) is 2.87. The van der Waals surface area contributed by atoms with Crippen LogP contribution in [0.5, 0.6) is 0 Å². The summed E-state index contributed by atoms with van der Waals surface area (Å²) >= 11 is 0. The summed E-state index contributed by atoms with van der Waals surface area (Å²) in [5.41, 5.74) is 0. The van der Waals surface area contributed by atoms with Gasteiger partial charge in [0.15, 0.2) is 5.96 Å². The molecule has 0 spiro atoms. The number of carbonyl (C=O) groups excluding carboxylic acids is 2. The smallest absolute Gasteiger partial charge is 0.233 e. The molecule has 2 N–H and O–H groups in total. The summed E-state index contributed by atoms with van der Waals surface area (Å²) in [6, 6.07) is 0. The molecule has 2 bridgehead atoms. The van der Waals surface area contributed by atoms with Gasteiger partial charge in [0.25, 0.3) is 0 Å². The number of carbonyl (C=O) groups is 2. The minimum absolute atomic E-state index is 0. The Labute approximate surface area is 183 Å². The fourth-order valence-corrected chi connectivity index (χ4v) is 5.07. The van der Waals surface area contributed by atoms with E-state index in [9.17, 15) is 9.59 Å². The van der Waals surface area contributed by atoms with Crippen LogP contribution in [0.15, 0.2) is 17.1 Å². The highest BCUT2D eigenvalue weighted by molar-refractivity contribution is 14.0. The number of halogens is 1. The average molecular weight is 502 g/mol. The van der Waals surface area contributed by atoms with Crippen LogP contribution in [0.3, 0.4) is 0 Å². The summed E-state index contributed by atoms with van der Waals surface area (Å²) in [5, 5.41) is 6.56. The lowest BCUT2D eigenvalue weighted by Gasteiger charge is -2.18. The molecule has 4 aliphatic rings. The minimum atomic E-state index is -0.0901. The molecule has 0 aromatic carbocycles. The predicted molar refractivity (Wildman–Crippen MR) is 117 cm³/mol. The molecule has 156 valence electrons. The van der Waals surface area contributed by atoms with Crippen molar-refractivity contribution >= 4 is 41.8 Å². The second-order valence-electron chi connectivity index (χ2n) is 8.03. The van der Waals surface area contributed by atoms with Crippen LogP contribution >= 0.6 is 24.0 Å². The summed E-state index contributed by atoms with van der Waals surface area (Å²) in [7, 11) is 1.75. The zero-order chi connectivity index (χ0) is 18.8. The third kappa shape index (κ3) is 4.22. The number of guanidine groups is 1. The van der Waals surface area contributed by atoms with Gasteiger partial charge in [0.1, 0.15) is 0 Å². The number of likely N-dealkylation sites (tertiary alicyclic amines) is 1. The molecule has 3 fully saturated rings. The van der Waals surface area contributed by atoms with Crippen LogP contribution in [0.25, 0.3) is 0 Å². The van der Waals surface area contributed by atoms with E-state index in [2.05, 4.69) is 27.8 Å². The van der Waals surface area contributed by atoms with Gasteiger partial charge in [-0.3, -0.25) is 19.5 Å². The van der Waals surface area contributed by atoms with Gasteiger partial charge >= 0.3 is 0 Å². The lowest BCUT2D eigenvalue weighted by molar-refractivity contribution is -0.140. The van der Waals surface area contributed by atoms with Crippen molar-refractivity contribution in [2.24, 2.45) is 28.7 Å². The molecule has 2 saturated heterocycles. The first kappa shape index (κ1) is 21.5. The van der Waals surface area contributed by atoms with Crippen LogP contribution in [0.1, 0.15) is 32.1 Å². The summed E-state index contributed by atoms with van der Waals surface area (Å²) < 4.78 is 5.62. The quantitative estimate of drug-likeness (QED) is 0.138. The Bertz CT molecular complexity index is 617. The Morgan fingerprint density at radius 2 is 1.86 bits per heavy atom. The normalized spacial score (nSPS) is 33.4. The fourth-order valence-electron chi connectivity index (χ4n) is 5.07. The van der Waals surface area contributed by atoms with E-state index in [-0.39, 0.29) is 59.5 Å². The molecule has 2 amide bonds. The Morgan fingerprint density at radius 3 is 2.46 bits per heavy atom. The highest BCUT2D eigenvalue weighted by Crippen LogP contribution is 2.52. The van der Waals surface area contributed by atoms with Crippen molar-refractivity contribution in [3.05, 3.63) is 12.2 Å². The topological polar surface area (TPSA) is 83.0 Å². The first-order valence-electron chi connectivity index (χ1n) is 10.3. The molecule has 5 unspecified atom stereocenters. The number of nitrogens with one attached hydrogen (secondary N) is 2. The second-order valence-corrected chi connectivity index (χ2v) is 8.03. The number of hydrogen-bond acceptors (Lipinski definition) is 4. The van der Waals surface area contributed by atoms with E-state index in [1.54, 1.807) is 7.05 Å². The van der Waals surface area contributed by atoms with Crippen molar-refractivity contribution in [2.45, 2.75) is 38.2 Å². The number of allylic oxidation sites excluding steroid dienone is 2. The van der Waals surface area contributed by atoms with Gasteiger partial charge < -0.3 is 15.4 Å². The highest BCUT2D eigenvalue weighted by Gasteiger charge is 2.58. The minimum Gasteiger partial charge on any atom is -0.378 e. The summed E-state index contributed by atoms with van der Waals surface area (Å²) in [5.74, 6) is 1.23. The zero-order valence-corrected chi connectivity index (χ0v) is 18.8. The van der Waals surface area contributed by atoms with E-state index in [0.29, 0.717) is 19.2 Å². The van der Waals surface area contributed by atoms with E-state index < -0.39 is 0 Å². The Morgan fingerprint density at radius 1 is 1.18 bits per heavy atom. The molecule has 28 heavy (non-hydrogen) atoms. The third-order valence-electron chi connectivity index (χ3n) is 6.42. The molecule has 1 saturated carbocycles. The molecule has 7 nitrogen and oxygen atoms in total. The third-order valence-corrected chi connectivity index (χ3v) is 6.42. The van der Waals surface area contributed by atoms with Gasteiger partial charge in [0.2, 0.25) is 11.8 Å². The monoisotopic (exact) mass is 502 g/mol. The van der Waals surface area contributed by atoms with Gasteiger partial charge in [-0.25, -0.2) is 0 Å². The maximum Gasteiger partial charge on any atom is 0.233 e. The van der Waals surface area contributed by atoms with Gasteiger partial charge in [-0.15, -0.1) is 24.0 Å². The Balaban J connectivity index is 0.00000225. The van der Waals surface area contributed by atoms with Gasteiger partial charge in [-0.05, 0) is 43.9 Å². The van der Waals surface area contributed by atoms with Crippen LogP contribution in [0, 0.1) is 23.7 Å². The van der Waals surface area contributed by atoms with Crippen LogP contribution in [-0.4, -0.2) is 62.1 Å². The molecule has 4 rings (SSSR count). The number of nitrogens with zero attached hydrogens (tertiary/aromatic N) is 2.